The number of aromatic nitrogens is 2. The summed E-state index contributed by atoms with van der Waals surface area (Å²) in [7, 11) is 0. The molecule has 1 aromatic rings. The van der Waals surface area contributed by atoms with Crippen LogP contribution in [0.2, 0.25) is 0 Å². The predicted octanol–water partition coefficient (Wildman–Crippen LogP) is -0.186. The standard InChI is InChI=1S/C12H21N3O4/c1-3-4-9-13-11(19-15-9)6-5-10(18)14-12(2,7-16)8-17/h16-17H,3-8H2,1-2H3,(H,14,18). The molecular weight excluding hydrogens is 250 g/mol. The van der Waals surface area contributed by atoms with Gasteiger partial charge in [0.05, 0.1) is 18.8 Å². The molecule has 0 spiro atoms. The fraction of sp³-hybridized carbons (Fsp3) is 0.750. The van der Waals surface area contributed by atoms with Crippen LogP contribution in [0.4, 0.5) is 0 Å². The summed E-state index contributed by atoms with van der Waals surface area (Å²) in [5.74, 6) is 0.794. The molecule has 0 fully saturated rings. The number of hydrogen-bond acceptors (Lipinski definition) is 6. The Balaban J connectivity index is 2.41. The minimum absolute atomic E-state index is 0.170. The molecular formula is C12H21N3O4. The van der Waals surface area contributed by atoms with Gasteiger partial charge in [-0.3, -0.25) is 4.79 Å². The number of nitrogens with one attached hydrogen (secondary N) is 1. The normalized spacial score (nSPS) is 11.6. The van der Waals surface area contributed by atoms with Crippen molar-refractivity contribution in [3.8, 4) is 0 Å². The van der Waals surface area contributed by atoms with Crippen molar-refractivity contribution in [2.24, 2.45) is 0 Å². The monoisotopic (exact) mass is 271 g/mol. The van der Waals surface area contributed by atoms with Gasteiger partial charge in [0.15, 0.2) is 5.82 Å². The van der Waals surface area contributed by atoms with Gasteiger partial charge in [-0.15, -0.1) is 0 Å². The van der Waals surface area contributed by atoms with Crippen LogP contribution in [0, 0.1) is 0 Å². The molecule has 0 atom stereocenters. The second kappa shape index (κ2) is 7.20. The van der Waals surface area contributed by atoms with Crippen LogP contribution in [-0.4, -0.2) is 45.0 Å². The second-order valence-electron chi connectivity index (χ2n) is 4.78. The first-order chi connectivity index (χ1) is 9.03. The first-order valence-electron chi connectivity index (χ1n) is 6.37. The van der Waals surface area contributed by atoms with Gasteiger partial charge >= 0.3 is 0 Å². The van der Waals surface area contributed by atoms with Crippen LogP contribution in [0.1, 0.15) is 38.4 Å². The van der Waals surface area contributed by atoms with E-state index in [0.717, 1.165) is 12.8 Å². The number of aryl methyl sites for hydroxylation is 2. The number of hydrogen-bond donors (Lipinski definition) is 3. The molecule has 0 aliphatic carbocycles. The average Bonchev–Trinajstić information content (AvgIpc) is 2.84. The van der Waals surface area contributed by atoms with Gasteiger partial charge in [-0.1, -0.05) is 12.1 Å². The Morgan fingerprint density at radius 1 is 1.37 bits per heavy atom. The van der Waals surface area contributed by atoms with E-state index in [9.17, 15) is 4.79 Å². The van der Waals surface area contributed by atoms with E-state index in [0.29, 0.717) is 18.1 Å². The lowest BCUT2D eigenvalue weighted by Gasteiger charge is -2.25. The molecule has 0 bridgehead atoms. The maximum atomic E-state index is 11.7. The molecule has 1 amide bonds. The summed E-state index contributed by atoms with van der Waals surface area (Å²) in [5.41, 5.74) is -1.00. The minimum Gasteiger partial charge on any atom is -0.394 e. The Morgan fingerprint density at radius 2 is 2.05 bits per heavy atom. The molecule has 3 N–H and O–H groups in total. The van der Waals surface area contributed by atoms with Gasteiger partial charge in [-0.2, -0.15) is 4.98 Å². The van der Waals surface area contributed by atoms with Crippen LogP contribution < -0.4 is 5.32 Å². The van der Waals surface area contributed by atoms with E-state index in [1.807, 2.05) is 6.92 Å². The number of amides is 1. The van der Waals surface area contributed by atoms with E-state index in [4.69, 9.17) is 14.7 Å². The Labute approximate surface area is 112 Å². The van der Waals surface area contributed by atoms with Gasteiger partial charge in [0.25, 0.3) is 0 Å². The van der Waals surface area contributed by atoms with E-state index in [2.05, 4.69) is 15.5 Å². The fourth-order valence-electron chi connectivity index (χ4n) is 1.47. The SMILES string of the molecule is CCCc1noc(CCC(=O)NC(C)(CO)CO)n1. The number of nitrogens with zero attached hydrogens (tertiary/aromatic N) is 2. The quantitative estimate of drug-likeness (QED) is 0.605. The maximum absolute atomic E-state index is 11.7. The van der Waals surface area contributed by atoms with Crippen LogP contribution in [-0.2, 0) is 17.6 Å². The molecule has 1 heterocycles. The van der Waals surface area contributed by atoms with Crippen molar-refractivity contribution < 1.29 is 19.5 Å². The lowest BCUT2D eigenvalue weighted by molar-refractivity contribution is -0.124. The highest BCUT2D eigenvalue weighted by molar-refractivity contribution is 5.76. The zero-order chi connectivity index (χ0) is 14.3. The van der Waals surface area contributed by atoms with Crippen molar-refractivity contribution in [2.45, 2.75) is 45.1 Å². The van der Waals surface area contributed by atoms with Gasteiger partial charge < -0.3 is 20.1 Å². The topological polar surface area (TPSA) is 108 Å². The van der Waals surface area contributed by atoms with Crippen molar-refractivity contribution in [1.29, 1.82) is 0 Å². The van der Waals surface area contributed by atoms with Gasteiger partial charge in [-0.25, -0.2) is 0 Å². The van der Waals surface area contributed by atoms with Crippen LogP contribution in [0.15, 0.2) is 4.52 Å². The molecule has 7 heteroatoms. The van der Waals surface area contributed by atoms with Crippen LogP contribution in [0.25, 0.3) is 0 Å². The number of carbonyl (C=O) groups excluding carboxylic acids is 1. The highest BCUT2D eigenvalue weighted by atomic mass is 16.5. The number of carbonyl (C=O) groups is 1. The Hall–Kier alpha value is -1.47. The molecule has 7 nitrogen and oxygen atoms in total. The zero-order valence-corrected chi connectivity index (χ0v) is 11.3. The van der Waals surface area contributed by atoms with E-state index < -0.39 is 5.54 Å². The van der Waals surface area contributed by atoms with Crippen LogP contribution in [0.3, 0.4) is 0 Å². The fourth-order valence-corrected chi connectivity index (χ4v) is 1.47. The molecule has 0 unspecified atom stereocenters. The summed E-state index contributed by atoms with van der Waals surface area (Å²) in [5, 5.41) is 24.5. The van der Waals surface area contributed by atoms with Crippen molar-refractivity contribution in [3.05, 3.63) is 11.7 Å². The lowest BCUT2D eigenvalue weighted by Crippen LogP contribution is -2.51. The lowest BCUT2D eigenvalue weighted by atomic mass is 10.1. The van der Waals surface area contributed by atoms with Gasteiger partial charge in [0.2, 0.25) is 11.8 Å². The molecule has 0 saturated carbocycles. The Morgan fingerprint density at radius 3 is 2.63 bits per heavy atom. The Kier molecular flexibility index (Phi) is 5.91. The summed E-state index contributed by atoms with van der Waals surface area (Å²) < 4.78 is 5.01. The van der Waals surface area contributed by atoms with E-state index in [1.165, 1.54) is 0 Å². The largest absolute Gasteiger partial charge is 0.394 e. The maximum Gasteiger partial charge on any atom is 0.227 e. The molecule has 1 rings (SSSR count). The van der Waals surface area contributed by atoms with Gasteiger partial charge in [0.1, 0.15) is 0 Å². The summed E-state index contributed by atoms with van der Waals surface area (Å²) >= 11 is 0. The summed E-state index contributed by atoms with van der Waals surface area (Å²) in [6.45, 7) is 2.94. The van der Waals surface area contributed by atoms with Crippen molar-refractivity contribution in [3.63, 3.8) is 0 Å². The number of rotatable bonds is 8. The molecule has 0 aromatic carbocycles. The third-order valence-corrected chi connectivity index (χ3v) is 2.69. The van der Waals surface area contributed by atoms with Gasteiger partial charge in [-0.05, 0) is 13.3 Å². The van der Waals surface area contributed by atoms with Crippen LogP contribution in [0.5, 0.6) is 0 Å². The number of aliphatic hydroxyl groups excluding tert-OH is 2. The molecule has 0 saturated heterocycles. The average molecular weight is 271 g/mol. The molecule has 0 aliphatic rings. The van der Waals surface area contributed by atoms with E-state index in [1.54, 1.807) is 6.92 Å². The molecule has 0 radical (unpaired) electrons. The third-order valence-electron chi connectivity index (χ3n) is 2.69. The highest BCUT2D eigenvalue weighted by Gasteiger charge is 2.24. The minimum atomic E-state index is -1.00. The summed E-state index contributed by atoms with van der Waals surface area (Å²) in [4.78, 5) is 15.8. The van der Waals surface area contributed by atoms with Crippen molar-refractivity contribution in [1.82, 2.24) is 15.5 Å². The van der Waals surface area contributed by atoms with Gasteiger partial charge in [0, 0.05) is 19.3 Å². The molecule has 19 heavy (non-hydrogen) atoms. The first-order valence-corrected chi connectivity index (χ1v) is 6.37. The molecule has 0 aliphatic heterocycles. The van der Waals surface area contributed by atoms with Crippen molar-refractivity contribution >= 4 is 5.91 Å². The summed E-state index contributed by atoms with van der Waals surface area (Å²) in [6.07, 6.45) is 2.20. The first kappa shape index (κ1) is 15.6. The number of aliphatic hydroxyl groups is 2. The molecule has 108 valence electrons. The van der Waals surface area contributed by atoms with Crippen molar-refractivity contribution in [2.75, 3.05) is 13.2 Å². The van der Waals surface area contributed by atoms with Crippen LogP contribution >= 0.6 is 0 Å². The van der Waals surface area contributed by atoms with E-state index >= 15 is 0 Å². The zero-order valence-electron chi connectivity index (χ0n) is 11.3. The third kappa shape index (κ3) is 4.96. The van der Waals surface area contributed by atoms with E-state index in [-0.39, 0.29) is 25.5 Å². The summed E-state index contributed by atoms with van der Waals surface area (Å²) in [6, 6.07) is 0. The second-order valence-corrected chi connectivity index (χ2v) is 4.78. The smallest absolute Gasteiger partial charge is 0.227 e. The Bertz CT molecular complexity index is 401. The molecule has 1 aromatic heterocycles. The predicted molar refractivity (Wildman–Crippen MR) is 67.3 cm³/mol. The highest BCUT2D eigenvalue weighted by Crippen LogP contribution is 2.05.